The minimum Gasteiger partial charge on any atom is -0.272 e. The van der Waals surface area contributed by atoms with Crippen molar-refractivity contribution in [3.8, 4) is 11.3 Å². The molecule has 0 unspecified atom stereocenters. The summed E-state index contributed by atoms with van der Waals surface area (Å²) >= 11 is 0. The highest BCUT2D eigenvalue weighted by Crippen LogP contribution is 2.31. The number of halogens is 6. The van der Waals surface area contributed by atoms with Crippen LogP contribution >= 0.6 is 0 Å². The molecule has 0 aliphatic heterocycles. The Hall–Kier alpha value is -3.45. The first-order chi connectivity index (χ1) is 14.4. The smallest absolute Gasteiger partial charge is 0.272 e. The van der Waals surface area contributed by atoms with Crippen LogP contribution in [0.1, 0.15) is 24.0 Å². The van der Waals surface area contributed by atoms with E-state index in [1.807, 2.05) is 6.92 Å². The number of hydrogen-bond acceptors (Lipinski definition) is 6. The molecule has 8 nitrogen and oxygen atoms in total. The second-order valence-corrected chi connectivity index (χ2v) is 6.37. The summed E-state index contributed by atoms with van der Waals surface area (Å²) in [6, 6.07) is 2.07. The summed E-state index contributed by atoms with van der Waals surface area (Å²) in [4.78, 5) is 7.46. The molecule has 3 rings (SSSR count). The van der Waals surface area contributed by atoms with Crippen molar-refractivity contribution in [2.75, 3.05) is 5.43 Å². The van der Waals surface area contributed by atoms with Gasteiger partial charge in [0.05, 0.1) is 17.6 Å². The van der Waals surface area contributed by atoms with Gasteiger partial charge in [0.1, 0.15) is 12.2 Å². The van der Waals surface area contributed by atoms with Gasteiger partial charge in [0.15, 0.2) is 5.69 Å². The van der Waals surface area contributed by atoms with Gasteiger partial charge < -0.3 is 0 Å². The van der Waals surface area contributed by atoms with Crippen molar-refractivity contribution in [1.29, 1.82) is 0 Å². The Bertz CT molecular complexity index is 1080. The average molecular weight is 446 g/mol. The molecule has 1 N–H and O–H groups in total. The first kappa shape index (κ1) is 22.2. The summed E-state index contributed by atoms with van der Waals surface area (Å²) in [7, 11) is 0. The largest absolute Gasteiger partial charge is 0.433 e. The molecule has 14 heteroatoms. The summed E-state index contributed by atoms with van der Waals surface area (Å²) in [5.74, 6) is -0.445. The third kappa shape index (κ3) is 5.79. The van der Waals surface area contributed by atoms with E-state index in [0.717, 1.165) is 18.5 Å². The summed E-state index contributed by atoms with van der Waals surface area (Å²) in [6.45, 7) is 2.71. The number of hydrazone groups is 1. The first-order valence-corrected chi connectivity index (χ1v) is 8.84. The van der Waals surface area contributed by atoms with Gasteiger partial charge in [0.2, 0.25) is 5.95 Å². The molecule has 0 aliphatic rings. The molecule has 0 fully saturated rings. The molecule has 0 saturated carbocycles. The average Bonchev–Trinajstić information content (AvgIpc) is 3.25. The highest BCUT2D eigenvalue weighted by Gasteiger charge is 2.34. The van der Waals surface area contributed by atoms with Crippen molar-refractivity contribution in [2.24, 2.45) is 5.10 Å². The van der Waals surface area contributed by atoms with Crippen molar-refractivity contribution in [3.05, 3.63) is 41.6 Å². The molecule has 0 radical (unpaired) electrons. The number of rotatable bonds is 6. The Morgan fingerprint density at radius 2 is 1.84 bits per heavy atom. The van der Waals surface area contributed by atoms with Crippen molar-refractivity contribution in [2.45, 2.75) is 39.3 Å². The normalized spacial score (nSPS) is 12.6. The SMILES string of the molecule is CCn1cc(-c2cc(C(F)(F)F)nc(N/N=C\c3ccn(CC(F)(F)F)n3)n2)c(C)n1. The first-order valence-electron chi connectivity index (χ1n) is 8.84. The van der Waals surface area contributed by atoms with Crippen LogP contribution in [0, 0.1) is 6.92 Å². The van der Waals surface area contributed by atoms with E-state index in [1.165, 1.54) is 6.07 Å². The van der Waals surface area contributed by atoms with Crippen LogP contribution in [0.25, 0.3) is 11.3 Å². The second kappa shape index (κ2) is 8.35. The molecule has 0 atom stereocenters. The van der Waals surface area contributed by atoms with Crippen LogP contribution in [-0.4, -0.2) is 41.9 Å². The Morgan fingerprint density at radius 1 is 1.10 bits per heavy atom. The third-order valence-corrected chi connectivity index (χ3v) is 3.93. The van der Waals surface area contributed by atoms with Gasteiger partial charge in [-0.1, -0.05) is 0 Å². The number of nitrogens with one attached hydrogen (secondary N) is 1. The van der Waals surface area contributed by atoms with E-state index in [9.17, 15) is 26.3 Å². The van der Waals surface area contributed by atoms with E-state index in [1.54, 1.807) is 17.8 Å². The predicted molar refractivity (Wildman–Crippen MR) is 98.2 cm³/mol. The fourth-order valence-corrected chi connectivity index (χ4v) is 2.59. The number of nitrogens with zero attached hydrogens (tertiary/aromatic N) is 7. The minimum absolute atomic E-state index is 0.00770. The molecule has 0 amide bonds. The lowest BCUT2D eigenvalue weighted by molar-refractivity contribution is -0.143. The highest BCUT2D eigenvalue weighted by molar-refractivity contribution is 5.77. The molecule has 0 saturated heterocycles. The van der Waals surface area contributed by atoms with E-state index in [2.05, 4.69) is 30.7 Å². The fourth-order valence-electron chi connectivity index (χ4n) is 2.59. The Labute approximate surface area is 171 Å². The fraction of sp³-hybridized carbons (Fsp3) is 0.353. The third-order valence-electron chi connectivity index (χ3n) is 3.93. The van der Waals surface area contributed by atoms with Crippen LogP contribution in [0.3, 0.4) is 0 Å². The molecule has 3 heterocycles. The maximum absolute atomic E-state index is 13.3. The van der Waals surface area contributed by atoms with Gasteiger partial charge in [0.25, 0.3) is 0 Å². The molecular weight excluding hydrogens is 430 g/mol. The standard InChI is InChI=1S/C17H16F6N8/c1-3-30-8-12(10(2)28-30)13-6-14(17(21,22)23)26-15(25-13)27-24-7-11-4-5-31(29-11)9-16(18,19)20/h4-8H,3,9H2,1-2H3,(H,25,26,27)/b24-7-. The number of anilines is 1. The zero-order valence-corrected chi connectivity index (χ0v) is 16.2. The molecule has 0 aliphatic carbocycles. The molecule has 31 heavy (non-hydrogen) atoms. The van der Waals surface area contributed by atoms with E-state index >= 15 is 0 Å². The van der Waals surface area contributed by atoms with Gasteiger partial charge >= 0.3 is 12.4 Å². The summed E-state index contributed by atoms with van der Waals surface area (Å²) in [5, 5.41) is 11.5. The van der Waals surface area contributed by atoms with Crippen LogP contribution in [0.5, 0.6) is 0 Å². The molecule has 3 aromatic rings. The molecule has 0 bridgehead atoms. The van der Waals surface area contributed by atoms with E-state index < -0.39 is 30.5 Å². The Kier molecular flexibility index (Phi) is 5.99. The molecule has 166 valence electrons. The van der Waals surface area contributed by atoms with Crippen LogP contribution in [0.2, 0.25) is 0 Å². The lowest BCUT2D eigenvalue weighted by atomic mass is 10.1. The summed E-state index contributed by atoms with van der Waals surface area (Å²) in [6.07, 6.45) is -5.47. The van der Waals surface area contributed by atoms with Crippen LogP contribution in [-0.2, 0) is 19.3 Å². The molecular formula is C17H16F6N8. The van der Waals surface area contributed by atoms with Crippen molar-refractivity contribution >= 4 is 12.2 Å². The monoisotopic (exact) mass is 446 g/mol. The quantitative estimate of drug-likeness (QED) is 0.353. The maximum Gasteiger partial charge on any atom is 0.433 e. The zero-order valence-electron chi connectivity index (χ0n) is 16.2. The van der Waals surface area contributed by atoms with Crippen molar-refractivity contribution < 1.29 is 26.3 Å². The molecule has 0 aromatic carbocycles. The van der Waals surface area contributed by atoms with Gasteiger partial charge in [-0.3, -0.25) is 9.36 Å². The van der Waals surface area contributed by atoms with Gasteiger partial charge in [-0.15, -0.1) is 0 Å². The lowest BCUT2D eigenvalue weighted by Gasteiger charge is -2.09. The molecule has 3 aromatic heterocycles. The van der Waals surface area contributed by atoms with Gasteiger partial charge in [-0.2, -0.15) is 41.6 Å². The van der Waals surface area contributed by atoms with Gasteiger partial charge in [0, 0.05) is 24.5 Å². The number of alkyl halides is 6. The second-order valence-electron chi connectivity index (χ2n) is 6.37. The van der Waals surface area contributed by atoms with Crippen LogP contribution < -0.4 is 5.43 Å². The Balaban J connectivity index is 1.85. The number of aromatic nitrogens is 6. The maximum atomic E-state index is 13.3. The molecule has 0 spiro atoms. The summed E-state index contributed by atoms with van der Waals surface area (Å²) in [5.41, 5.74) is 2.01. The number of aryl methyl sites for hydroxylation is 2. The predicted octanol–water partition coefficient (Wildman–Crippen LogP) is 3.89. The van der Waals surface area contributed by atoms with Gasteiger partial charge in [-0.25, -0.2) is 15.4 Å². The van der Waals surface area contributed by atoms with Crippen LogP contribution in [0.15, 0.2) is 29.6 Å². The minimum atomic E-state index is -4.73. The Morgan fingerprint density at radius 3 is 2.45 bits per heavy atom. The topological polar surface area (TPSA) is 85.8 Å². The van der Waals surface area contributed by atoms with Crippen molar-refractivity contribution in [1.82, 2.24) is 29.5 Å². The highest BCUT2D eigenvalue weighted by atomic mass is 19.4. The van der Waals surface area contributed by atoms with E-state index in [4.69, 9.17) is 0 Å². The van der Waals surface area contributed by atoms with Crippen LogP contribution in [0.4, 0.5) is 32.3 Å². The number of hydrogen-bond donors (Lipinski definition) is 1. The van der Waals surface area contributed by atoms with Crippen molar-refractivity contribution in [3.63, 3.8) is 0 Å². The van der Waals surface area contributed by atoms with E-state index in [0.29, 0.717) is 22.5 Å². The zero-order chi connectivity index (χ0) is 22.8. The van der Waals surface area contributed by atoms with Gasteiger partial charge in [-0.05, 0) is 26.0 Å². The summed E-state index contributed by atoms with van der Waals surface area (Å²) < 4.78 is 79.2. The lowest BCUT2D eigenvalue weighted by Crippen LogP contribution is -2.18. The van der Waals surface area contributed by atoms with E-state index in [-0.39, 0.29) is 11.4 Å².